The molecule has 2 atom stereocenters. The van der Waals surface area contributed by atoms with Crippen molar-refractivity contribution in [2.45, 2.75) is 18.1 Å². The molecule has 1 fully saturated rings. The van der Waals surface area contributed by atoms with Crippen molar-refractivity contribution in [1.82, 2.24) is 5.06 Å². The van der Waals surface area contributed by atoms with Gasteiger partial charge in [0, 0.05) is 21.7 Å². The summed E-state index contributed by atoms with van der Waals surface area (Å²) in [5.41, 5.74) is 5.24. The van der Waals surface area contributed by atoms with Gasteiger partial charge in [0.15, 0.2) is 6.35 Å². The molecule has 0 saturated carbocycles. The summed E-state index contributed by atoms with van der Waals surface area (Å²) in [6.45, 7) is -0.322. The number of halogens is 5. The molecule has 188 valence electrons. The van der Waals surface area contributed by atoms with Crippen molar-refractivity contribution < 1.29 is 41.4 Å². The monoisotopic (exact) mass is 524 g/mol. The van der Waals surface area contributed by atoms with E-state index in [0.717, 1.165) is 0 Å². The number of methoxy groups -OCH3 is 1. The molecule has 0 aromatic heterocycles. The van der Waals surface area contributed by atoms with E-state index < -0.39 is 29.9 Å². The SMILES string of the molecule is COc1ccc2c(c1)[C@]1(COC(N)N1OC(=O)C(F)(F)F)c1cc(-c3cc(Cl)ccc3F)ccc1O2. The molecular formula is C24H17ClF4N2O5. The molecule has 12 heteroatoms. The first-order chi connectivity index (χ1) is 17.0. The van der Waals surface area contributed by atoms with Crippen molar-refractivity contribution in [3.05, 3.63) is 76.6 Å². The Hall–Kier alpha value is -3.38. The van der Waals surface area contributed by atoms with Crippen LogP contribution in [0, 0.1) is 5.82 Å². The summed E-state index contributed by atoms with van der Waals surface area (Å²) in [5.74, 6) is -2.26. The summed E-state index contributed by atoms with van der Waals surface area (Å²) in [7, 11) is 1.41. The average molecular weight is 525 g/mol. The zero-order valence-corrected chi connectivity index (χ0v) is 19.2. The van der Waals surface area contributed by atoms with Gasteiger partial charge in [0.1, 0.15) is 28.6 Å². The number of hydroxylamine groups is 2. The molecule has 3 aromatic carbocycles. The van der Waals surface area contributed by atoms with E-state index in [1.165, 1.54) is 43.5 Å². The largest absolute Gasteiger partial charge is 0.497 e. The highest BCUT2D eigenvalue weighted by Gasteiger charge is 2.58. The summed E-state index contributed by atoms with van der Waals surface area (Å²) < 4.78 is 71.0. The van der Waals surface area contributed by atoms with Crippen LogP contribution in [0.25, 0.3) is 11.1 Å². The molecule has 2 aliphatic rings. The second-order valence-electron chi connectivity index (χ2n) is 8.06. The molecule has 0 aliphatic carbocycles. The molecule has 0 bridgehead atoms. The number of carbonyl (C=O) groups excluding carboxylic acids is 1. The van der Waals surface area contributed by atoms with Crippen LogP contribution in [0.1, 0.15) is 11.1 Å². The quantitative estimate of drug-likeness (QED) is 0.477. The van der Waals surface area contributed by atoms with Crippen molar-refractivity contribution >= 4 is 17.6 Å². The number of carbonyl (C=O) groups is 1. The molecular weight excluding hydrogens is 508 g/mol. The van der Waals surface area contributed by atoms with E-state index in [1.807, 2.05) is 0 Å². The van der Waals surface area contributed by atoms with E-state index in [1.54, 1.807) is 18.2 Å². The van der Waals surface area contributed by atoms with E-state index in [4.69, 9.17) is 36.4 Å². The standard InChI is InChI=1S/C24H17ClF4N2O5/c1-33-14-4-7-20-17(10-14)23(11-34-22(30)31(23)36-21(32)24(27,28)29)16-8-12(2-6-19(16)35-20)15-9-13(25)3-5-18(15)26/h2-10,22H,11,30H2,1H3/t22?,23-/m0/s1. The van der Waals surface area contributed by atoms with Crippen molar-refractivity contribution in [3.8, 4) is 28.4 Å². The van der Waals surface area contributed by atoms with Crippen molar-refractivity contribution in [1.29, 1.82) is 0 Å². The van der Waals surface area contributed by atoms with Crippen molar-refractivity contribution in [2.24, 2.45) is 5.73 Å². The number of rotatable bonds is 3. The van der Waals surface area contributed by atoms with Gasteiger partial charge in [-0.1, -0.05) is 22.7 Å². The number of nitrogens with two attached hydrogens (primary N) is 1. The van der Waals surface area contributed by atoms with Crippen LogP contribution in [0.3, 0.4) is 0 Å². The predicted molar refractivity (Wildman–Crippen MR) is 119 cm³/mol. The van der Waals surface area contributed by atoms with Crippen LogP contribution in [-0.2, 0) is 19.9 Å². The Morgan fingerprint density at radius 2 is 1.81 bits per heavy atom. The summed E-state index contributed by atoms with van der Waals surface area (Å²) >= 11 is 6.06. The highest BCUT2D eigenvalue weighted by Crippen LogP contribution is 2.54. The average Bonchev–Trinajstić information content (AvgIpc) is 3.16. The third-order valence-corrected chi connectivity index (χ3v) is 6.23. The lowest BCUT2D eigenvalue weighted by atomic mass is 9.79. The normalized spacial score (nSPS) is 21.0. The van der Waals surface area contributed by atoms with Gasteiger partial charge in [-0.15, -0.1) is 0 Å². The molecule has 1 unspecified atom stereocenters. The summed E-state index contributed by atoms with van der Waals surface area (Å²) in [6, 6.07) is 13.2. The first-order valence-electron chi connectivity index (χ1n) is 10.5. The van der Waals surface area contributed by atoms with Gasteiger partial charge in [-0.2, -0.15) is 13.2 Å². The first kappa shape index (κ1) is 24.3. The molecule has 1 saturated heterocycles. The molecule has 0 amide bonds. The molecule has 3 aromatic rings. The van der Waals surface area contributed by atoms with Crippen molar-refractivity contribution in [2.75, 3.05) is 13.7 Å². The highest BCUT2D eigenvalue weighted by molar-refractivity contribution is 6.30. The summed E-state index contributed by atoms with van der Waals surface area (Å²) in [4.78, 5) is 16.7. The van der Waals surface area contributed by atoms with E-state index in [2.05, 4.69) is 0 Å². The van der Waals surface area contributed by atoms with Gasteiger partial charge in [-0.05, 0) is 54.1 Å². The number of hydrogen-bond donors (Lipinski definition) is 1. The minimum absolute atomic E-state index is 0.138. The van der Waals surface area contributed by atoms with Crippen LogP contribution in [0.5, 0.6) is 17.2 Å². The fourth-order valence-corrected chi connectivity index (χ4v) is 4.53. The van der Waals surface area contributed by atoms with Crippen LogP contribution < -0.4 is 15.2 Å². The number of ether oxygens (including phenoxy) is 3. The van der Waals surface area contributed by atoms with Crippen LogP contribution >= 0.6 is 11.6 Å². The predicted octanol–water partition coefficient (Wildman–Crippen LogP) is 5.10. The Bertz CT molecular complexity index is 1370. The van der Waals surface area contributed by atoms with E-state index in [9.17, 15) is 22.4 Å². The number of alkyl halides is 3. The van der Waals surface area contributed by atoms with Crippen LogP contribution in [0.2, 0.25) is 5.02 Å². The third kappa shape index (κ3) is 3.84. The maximum absolute atomic E-state index is 14.7. The van der Waals surface area contributed by atoms with Gasteiger partial charge in [0.05, 0.1) is 13.7 Å². The second kappa shape index (κ2) is 8.63. The minimum atomic E-state index is -5.31. The third-order valence-electron chi connectivity index (χ3n) is 6.00. The molecule has 2 aliphatic heterocycles. The van der Waals surface area contributed by atoms with Crippen LogP contribution in [0.4, 0.5) is 17.6 Å². The molecule has 5 rings (SSSR count). The summed E-state index contributed by atoms with van der Waals surface area (Å²) in [6.07, 6.45) is -6.87. The number of fused-ring (bicyclic) bond motifs is 4. The summed E-state index contributed by atoms with van der Waals surface area (Å²) in [5, 5.41) is 0.915. The smallest absolute Gasteiger partial charge is 0.492 e. The Morgan fingerprint density at radius 1 is 1.11 bits per heavy atom. The van der Waals surface area contributed by atoms with Crippen LogP contribution in [0.15, 0.2) is 54.6 Å². The fourth-order valence-electron chi connectivity index (χ4n) is 4.36. The fraction of sp³-hybridized carbons (Fsp3) is 0.208. The number of hydrogen-bond acceptors (Lipinski definition) is 7. The zero-order chi connectivity index (χ0) is 25.8. The lowest BCUT2D eigenvalue weighted by Gasteiger charge is -2.41. The van der Waals surface area contributed by atoms with Crippen LogP contribution in [-0.4, -0.2) is 37.3 Å². The van der Waals surface area contributed by atoms with Gasteiger partial charge in [-0.3, -0.25) is 5.73 Å². The lowest BCUT2D eigenvalue weighted by Crippen LogP contribution is -2.53. The van der Waals surface area contributed by atoms with Gasteiger partial charge >= 0.3 is 12.1 Å². The Labute approximate surface area is 206 Å². The number of nitrogens with zero attached hydrogens (tertiary/aromatic N) is 1. The Balaban J connectivity index is 1.75. The topological polar surface area (TPSA) is 83.3 Å². The maximum Gasteiger partial charge on any atom is 0.492 e. The van der Waals surface area contributed by atoms with E-state index in [-0.39, 0.29) is 39.8 Å². The molecule has 7 nitrogen and oxygen atoms in total. The Kier molecular flexibility index (Phi) is 5.83. The second-order valence-corrected chi connectivity index (χ2v) is 8.50. The lowest BCUT2D eigenvalue weighted by molar-refractivity contribution is -0.266. The maximum atomic E-state index is 14.7. The molecule has 2 heterocycles. The minimum Gasteiger partial charge on any atom is -0.497 e. The Morgan fingerprint density at radius 3 is 2.50 bits per heavy atom. The number of benzene rings is 3. The molecule has 36 heavy (non-hydrogen) atoms. The van der Waals surface area contributed by atoms with Gasteiger partial charge in [-0.25, -0.2) is 9.18 Å². The van der Waals surface area contributed by atoms with Gasteiger partial charge in [0.2, 0.25) is 0 Å². The first-order valence-corrected chi connectivity index (χ1v) is 10.8. The van der Waals surface area contributed by atoms with E-state index >= 15 is 0 Å². The van der Waals surface area contributed by atoms with E-state index in [0.29, 0.717) is 16.4 Å². The molecule has 0 radical (unpaired) electrons. The van der Waals surface area contributed by atoms with Gasteiger partial charge < -0.3 is 19.0 Å². The van der Waals surface area contributed by atoms with Crippen molar-refractivity contribution in [3.63, 3.8) is 0 Å². The highest BCUT2D eigenvalue weighted by atomic mass is 35.5. The van der Waals surface area contributed by atoms with Gasteiger partial charge in [0.25, 0.3) is 0 Å². The zero-order valence-electron chi connectivity index (χ0n) is 18.4. The molecule has 1 spiro atoms. The molecule has 2 N–H and O–H groups in total.